The Hall–Kier alpha value is -3.10. The van der Waals surface area contributed by atoms with Gasteiger partial charge in [0.25, 0.3) is 0 Å². The van der Waals surface area contributed by atoms with E-state index in [-0.39, 0.29) is 32.3 Å². The molecular weight excluding hydrogens is 550 g/mol. The third-order valence-corrected chi connectivity index (χ3v) is 6.91. The Bertz CT molecular complexity index is 928. The lowest BCUT2D eigenvalue weighted by atomic mass is 10.0. The number of hydrogen-bond acceptors (Lipinski definition) is 7. The Morgan fingerprint density at radius 1 is 0.814 bits per heavy atom. The molecule has 1 aromatic rings. The van der Waals surface area contributed by atoms with E-state index in [0.717, 1.165) is 31.2 Å². The van der Waals surface area contributed by atoms with Gasteiger partial charge in [0.2, 0.25) is 0 Å². The van der Waals surface area contributed by atoms with Gasteiger partial charge in [0.1, 0.15) is 24.4 Å². The maximum absolute atomic E-state index is 13.1. The molecule has 0 aliphatic rings. The van der Waals surface area contributed by atoms with Gasteiger partial charge in [-0.3, -0.25) is 9.59 Å². The van der Waals surface area contributed by atoms with Gasteiger partial charge in [0, 0.05) is 6.42 Å². The minimum Gasteiger partial charge on any atom is -0.481 e. The molecule has 2 atom stereocenters. The van der Waals surface area contributed by atoms with Crippen LogP contribution >= 0.6 is 0 Å². The average molecular weight is 606 g/mol. The molecule has 0 aliphatic heterocycles. The molecule has 2 N–H and O–H groups in total. The number of benzene rings is 1. The fourth-order valence-electron chi connectivity index (χ4n) is 4.64. The molecule has 0 spiro atoms. The molecule has 1 aromatic carbocycles. The molecule has 9 nitrogen and oxygen atoms in total. The Labute approximate surface area is 258 Å². The number of unbranched alkanes of at least 4 members (excludes halogenated alkanes) is 10. The van der Waals surface area contributed by atoms with Crippen LogP contribution in [0.4, 0.5) is 4.79 Å². The Morgan fingerprint density at radius 3 is 1.95 bits per heavy atom. The molecule has 0 heterocycles. The molecule has 0 radical (unpaired) electrons. The van der Waals surface area contributed by atoms with Gasteiger partial charge in [-0.25, -0.2) is 9.59 Å². The minimum absolute atomic E-state index is 0.0455. The van der Waals surface area contributed by atoms with E-state index in [2.05, 4.69) is 12.2 Å². The summed E-state index contributed by atoms with van der Waals surface area (Å²) in [6.45, 7) is 7.49. The number of aliphatic carboxylic acids is 1. The van der Waals surface area contributed by atoms with Gasteiger partial charge in [-0.2, -0.15) is 0 Å². The quantitative estimate of drug-likeness (QED) is 0.0732. The first-order valence-corrected chi connectivity index (χ1v) is 16.1. The van der Waals surface area contributed by atoms with Gasteiger partial charge in [-0.05, 0) is 52.0 Å². The number of carbonyl (C=O) groups is 4. The highest BCUT2D eigenvalue weighted by Crippen LogP contribution is 2.17. The number of alkyl carbamates (subject to hydrolysis) is 1. The van der Waals surface area contributed by atoms with Crippen molar-refractivity contribution in [2.24, 2.45) is 0 Å². The molecule has 244 valence electrons. The van der Waals surface area contributed by atoms with E-state index in [4.69, 9.17) is 14.2 Å². The van der Waals surface area contributed by atoms with Crippen LogP contribution < -0.4 is 5.32 Å². The van der Waals surface area contributed by atoms with Crippen LogP contribution in [0.15, 0.2) is 30.3 Å². The fraction of sp³-hybridized carbons (Fsp3) is 0.706. The van der Waals surface area contributed by atoms with Crippen LogP contribution in [0.1, 0.15) is 136 Å². The number of carbonyl (C=O) groups excluding carboxylic acids is 3. The van der Waals surface area contributed by atoms with E-state index in [9.17, 15) is 24.3 Å². The lowest BCUT2D eigenvalue weighted by Crippen LogP contribution is -2.45. The highest BCUT2D eigenvalue weighted by atomic mass is 16.6. The van der Waals surface area contributed by atoms with Crippen LogP contribution in [-0.2, 0) is 35.2 Å². The van der Waals surface area contributed by atoms with Crippen molar-refractivity contribution in [1.29, 1.82) is 0 Å². The zero-order valence-electron chi connectivity index (χ0n) is 26.9. The maximum atomic E-state index is 13.1. The number of hydrogen-bond donors (Lipinski definition) is 2. The third-order valence-electron chi connectivity index (χ3n) is 6.91. The lowest BCUT2D eigenvalue weighted by Gasteiger charge is -2.24. The van der Waals surface area contributed by atoms with Crippen LogP contribution in [0, 0.1) is 0 Å². The van der Waals surface area contributed by atoms with Crippen molar-refractivity contribution >= 4 is 24.0 Å². The van der Waals surface area contributed by atoms with Crippen molar-refractivity contribution in [3.8, 4) is 0 Å². The van der Waals surface area contributed by atoms with E-state index in [1.54, 1.807) is 20.8 Å². The van der Waals surface area contributed by atoms with Gasteiger partial charge < -0.3 is 24.6 Å². The summed E-state index contributed by atoms with van der Waals surface area (Å²) in [5.74, 6) is -2.22. The van der Waals surface area contributed by atoms with E-state index in [1.807, 2.05) is 30.3 Å². The predicted molar refractivity (Wildman–Crippen MR) is 166 cm³/mol. The van der Waals surface area contributed by atoms with Crippen LogP contribution in [0.25, 0.3) is 0 Å². The summed E-state index contributed by atoms with van der Waals surface area (Å²) in [6, 6.07) is 8.21. The first-order valence-electron chi connectivity index (χ1n) is 16.1. The molecule has 1 amide bonds. The summed E-state index contributed by atoms with van der Waals surface area (Å²) in [5.41, 5.74) is 0.0897. The zero-order valence-corrected chi connectivity index (χ0v) is 26.9. The summed E-state index contributed by atoms with van der Waals surface area (Å²) < 4.78 is 16.2. The third kappa shape index (κ3) is 21.3. The monoisotopic (exact) mass is 605 g/mol. The maximum Gasteiger partial charge on any atom is 0.408 e. The van der Waals surface area contributed by atoms with Crippen LogP contribution in [0.5, 0.6) is 0 Å². The average Bonchev–Trinajstić information content (AvgIpc) is 2.93. The van der Waals surface area contributed by atoms with E-state index in [1.165, 1.54) is 44.9 Å². The molecule has 9 heteroatoms. The van der Waals surface area contributed by atoms with Crippen molar-refractivity contribution in [2.45, 2.75) is 155 Å². The van der Waals surface area contributed by atoms with E-state index in [0.29, 0.717) is 6.42 Å². The van der Waals surface area contributed by atoms with Gasteiger partial charge in [-0.1, -0.05) is 101 Å². The highest BCUT2D eigenvalue weighted by Gasteiger charge is 2.28. The summed E-state index contributed by atoms with van der Waals surface area (Å²) >= 11 is 0. The molecule has 0 fully saturated rings. The topological polar surface area (TPSA) is 128 Å². The normalized spacial score (nSPS) is 12.7. The van der Waals surface area contributed by atoms with Crippen molar-refractivity contribution in [3.05, 3.63) is 35.9 Å². The van der Waals surface area contributed by atoms with Crippen molar-refractivity contribution in [2.75, 3.05) is 0 Å². The van der Waals surface area contributed by atoms with E-state index >= 15 is 0 Å². The van der Waals surface area contributed by atoms with Crippen molar-refractivity contribution in [3.63, 3.8) is 0 Å². The van der Waals surface area contributed by atoms with Gasteiger partial charge in [0.15, 0.2) is 0 Å². The summed E-state index contributed by atoms with van der Waals surface area (Å²) in [7, 11) is 0. The number of carboxylic acid groups (broad SMARTS) is 1. The number of amides is 1. The second-order valence-electron chi connectivity index (χ2n) is 12.2. The molecule has 43 heavy (non-hydrogen) atoms. The molecule has 1 unspecified atom stereocenters. The number of ether oxygens (including phenoxy) is 3. The highest BCUT2D eigenvalue weighted by molar-refractivity contribution is 5.82. The van der Waals surface area contributed by atoms with E-state index < -0.39 is 41.7 Å². The van der Waals surface area contributed by atoms with Crippen molar-refractivity contribution in [1.82, 2.24) is 5.32 Å². The summed E-state index contributed by atoms with van der Waals surface area (Å²) in [5, 5.41) is 11.9. The minimum atomic E-state index is -1.09. The molecule has 1 rings (SSSR count). The SMILES string of the molecule is CCCCCCCCCCCCCC(CC(=O)O)OC(=O)[C@H](CCCC(=O)OCc1ccccc1)NC(=O)OC(C)(C)C. The summed E-state index contributed by atoms with van der Waals surface area (Å²) in [4.78, 5) is 49.3. The zero-order chi connectivity index (χ0) is 31.9. The number of carboxylic acids is 1. The number of rotatable bonds is 23. The molecule has 0 saturated heterocycles. The summed E-state index contributed by atoms with van der Waals surface area (Å²) in [6.07, 6.45) is 11.7. The molecular formula is C34H55NO8. The second-order valence-corrected chi connectivity index (χ2v) is 12.2. The predicted octanol–water partition coefficient (Wildman–Crippen LogP) is 7.88. The molecule has 0 bridgehead atoms. The lowest BCUT2D eigenvalue weighted by molar-refractivity contribution is -0.156. The Balaban J connectivity index is 2.58. The second kappa shape index (κ2) is 22.4. The smallest absolute Gasteiger partial charge is 0.408 e. The largest absolute Gasteiger partial charge is 0.481 e. The fourth-order valence-corrected chi connectivity index (χ4v) is 4.64. The van der Waals surface area contributed by atoms with Crippen LogP contribution in [-0.4, -0.2) is 46.9 Å². The first kappa shape index (κ1) is 37.9. The first-order chi connectivity index (χ1) is 20.5. The molecule has 0 aromatic heterocycles. The number of esters is 2. The standard InChI is InChI=1S/C34H55NO8/c1-5-6-7-8-9-10-11-12-13-14-18-22-28(25-30(36)37)42-32(39)29(35-33(40)43-34(2,3)4)23-19-24-31(38)41-26-27-20-16-15-17-21-27/h15-17,20-21,28-29H,5-14,18-19,22-26H2,1-4H3,(H,35,40)(H,36,37)/t28?,29-/m0/s1. The molecule has 0 aliphatic carbocycles. The Morgan fingerprint density at radius 2 is 1.40 bits per heavy atom. The van der Waals surface area contributed by atoms with Crippen LogP contribution in [0.2, 0.25) is 0 Å². The molecule has 0 saturated carbocycles. The van der Waals surface area contributed by atoms with Crippen LogP contribution in [0.3, 0.4) is 0 Å². The number of nitrogens with one attached hydrogen (secondary N) is 1. The van der Waals surface area contributed by atoms with Crippen molar-refractivity contribution < 1.29 is 38.5 Å². The van der Waals surface area contributed by atoms with Gasteiger partial charge >= 0.3 is 24.0 Å². The van der Waals surface area contributed by atoms with Gasteiger partial charge in [0.05, 0.1) is 6.42 Å². The Kier molecular flexibility index (Phi) is 19.8. The van der Waals surface area contributed by atoms with Gasteiger partial charge in [-0.15, -0.1) is 0 Å².